The first-order valence-electron chi connectivity index (χ1n) is 6.26. The minimum absolute atomic E-state index is 0.490. The first kappa shape index (κ1) is 13.2. The molecule has 2 rings (SSSR count). The van der Waals surface area contributed by atoms with Crippen LogP contribution in [0, 0.1) is 0 Å². The Hall–Kier alpha value is -1.26. The molecule has 1 aromatic rings. The summed E-state index contributed by atoms with van der Waals surface area (Å²) in [7, 11) is 5.26. The van der Waals surface area contributed by atoms with Gasteiger partial charge in [0.1, 0.15) is 0 Å². The third-order valence-electron chi connectivity index (χ3n) is 3.42. The topological polar surface area (TPSA) is 41.9 Å². The molecule has 1 fully saturated rings. The smallest absolute Gasteiger partial charge is 0.161 e. The summed E-state index contributed by atoms with van der Waals surface area (Å²) in [5.74, 6) is 1.34. The van der Waals surface area contributed by atoms with E-state index in [0.717, 1.165) is 5.56 Å². The maximum atomic E-state index is 10.2. The van der Waals surface area contributed by atoms with E-state index in [1.807, 2.05) is 18.2 Å². The summed E-state index contributed by atoms with van der Waals surface area (Å²) < 4.78 is 10.4. The summed E-state index contributed by atoms with van der Waals surface area (Å²) in [5.41, 5.74) is 0.861. The van der Waals surface area contributed by atoms with Gasteiger partial charge in [0.15, 0.2) is 11.5 Å². The van der Waals surface area contributed by atoms with Crippen molar-refractivity contribution < 1.29 is 14.6 Å². The molecule has 0 aromatic heterocycles. The van der Waals surface area contributed by atoms with Crippen LogP contribution in [0.3, 0.4) is 0 Å². The number of nitrogens with zero attached hydrogens (tertiary/aromatic N) is 1. The van der Waals surface area contributed by atoms with Crippen LogP contribution in [-0.2, 0) is 0 Å². The quantitative estimate of drug-likeness (QED) is 0.837. The standard InChI is InChI=1S/C14H21NO3/c1-15(11-5-6-11)9-12(16)10-4-7-13(17-2)14(8-10)18-3/h4,7-8,11-12,16H,5-6,9H2,1-3H3. The Labute approximate surface area is 108 Å². The lowest BCUT2D eigenvalue weighted by Gasteiger charge is -2.21. The van der Waals surface area contributed by atoms with Crippen molar-refractivity contribution in [3.8, 4) is 11.5 Å². The van der Waals surface area contributed by atoms with Gasteiger partial charge in [0.2, 0.25) is 0 Å². The Kier molecular flexibility index (Phi) is 4.09. The first-order valence-corrected chi connectivity index (χ1v) is 6.26. The van der Waals surface area contributed by atoms with Gasteiger partial charge in [-0.15, -0.1) is 0 Å². The maximum absolute atomic E-state index is 10.2. The third-order valence-corrected chi connectivity index (χ3v) is 3.42. The molecular formula is C14H21NO3. The van der Waals surface area contributed by atoms with Crippen LogP contribution in [0.1, 0.15) is 24.5 Å². The average Bonchev–Trinajstić information content (AvgIpc) is 3.22. The predicted octanol–water partition coefficient (Wildman–Crippen LogP) is 1.83. The molecule has 4 nitrogen and oxygen atoms in total. The molecule has 1 unspecified atom stereocenters. The van der Waals surface area contributed by atoms with Crippen LogP contribution in [0.4, 0.5) is 0 Å². The van der Waals surface area contributed by atoms with Crippen molar-refractivity contribution in [2.45, 2.75) is 25.0 Å². The van der Waals surface area contributed by atoms with Crippen LogP contribution >= 0.6 is 0 Å². The molecule has 0 aliphatic heterocycles. The van der Waals surface area contributed by atoms with E-state index >= 15 is 0 Å². The van der Waals surface area contributed by atoms with E-state index in [1.165, 1.54) is 12.8 Å². The van der Waals surface area contributed by atoms with Gasteiger partial charge in [-0.05, 0) is 37.6 Å². The molecule has 4 heteroatoms. The Morgan fingerprint density at radius 2 is 1.94 bits per heavy atom. The zero-order valence-electron chi connectivity index (χ0n) is 11.2. The molecule has 0 spiro atoms. The van der Waals surface area contributed by atoms with E-state index in [0.29, 0.717) is 24.1 Å². The van der Waals surface area contributed by atoms with Crippen LogP contribution in [0.15, 0.2) is 18.2 Å². The normalized spacial score (nSPS) is 16.7. The fraction of sp³-hybridized carbons (Fsp3) is 0.571. The molecule has 0 saturated heterocycles. The summed E-state index contributed by atoms with van der Waals surface area (Å²) in [6.45, 7) is 0.653. The lowest BCUT2D eigenvalue weighted by atomic mass is 10.1. The van der Waals surface area contributed by atoms with Gasteiger partial charge in [-0.25, -0.2) is 0 Å². The van der Waals surface area contributed by atoms with E-state index in [1.54, 1.807) is 14.2 Å². The second kappa shape index (κ2) is 5.59. The summed E-state index contributed by atoms with van der Waals surface area (Å²) in [6, 6.07) is 6.20. The van der Waals surface area contributed by atoms with Crippen LogP contribution < -0.4 is 9.47 Å². The molecular weight excluding hydrogens is 230 g/mol. The maximum Gasteiger partial charge on any atom is 0.161 e. The number of ether oxygens (including phenoxy) is 2. The molecule has 18 heavy (non-hydrogen) atoms. The fourth-order valence-electron chi connectivity index (χ4n) is 2.10. The van der Waals surface area contributed by atoms with Crippen molar-refractivity contribution in [1.82, 2.24) is 4.90 Å². The number of hydrogen-bond donors (Lipinski definition) is 1. The fourth-order valence-corrected chi connectivity index (χ4v) is 2.10. The van der Waals surface area contributed by atoms with Gasteiger partial charge in [0, 0.05) is 12.6 Å². The molecule has 1 N–H and O–H groups in total. The molecule has 0 bridgehead atoms. The number of methoxy groups -OCH3 is 2. The Bertz CT molecular complexity index is 404. The van der Waals surface area contributed by atoms with Gasteiger partial charge in [0.05, 0.1) is 20.3 Å². The van der Waals surface area contributed by atoms with E-state index in [9.17, 15) is 5.11 Å². The van der Waals surface area contributed by atoms with Crippen molar-refractivity contribution in [1.29, 1.82) is 0 Å². The van der Waals surface area contributed by atoms with Crippen LogP contribution in [-0.4, -0.2) is 43.9 Å². The summed E-state index contributed by atoms with van der Waals surface area (Å²) >= 11 is 0. The SMILES string of the molecule is COc1ccc(C(O)CN(C)C2CC2)cc1OC. The molecule has 1 atom stereocenters. The lowest BCUT2D eigenvalue weighted by Crippen LogP contribution is -2.26. The van der Waals surface area contributed by atoms with Gasteiger partial charge < -0.3 is 19.5 Å². The van der Waals surface area contributed by atoms with Gasteiger partial charge in [-0.3, -0.25) is 0 Å². The number of rotatable bonds is 6. The second-order valence-electron chi connectivity index (χ2n) is 4.80. The van der Waals surface area contributed by atoms with Gasteiger partial charge >= 0.3 is 0 Å². The molecule has 1 aliphatic carbocycles. The zero-order valence-corrected chi connectivity index (χ0v) is 11.2. The summed E-state index contributed by atoms with van der Waals surface area (Å²) in [4.78, 5) is 2.21. The van der Waals surface area contributed by atoms with Crippen molar-refractivity contribution in [3.05, 3.63) is 23.8 Å². The lowest BCUT2D eigenvalue weighted by molar-refractivity contribution is 0.123. The number of aliphatic hydroxyl groups is 1. The van der Waals surface area contributed by atoms with Gasteiger partial charge in [-0.2, -0.15) is 0 Å². The van der Waals surface area contributed by atoms with Crippen LogP contribution in [0.5, 0.6) is 11.5 Å². The van der Waals surface area contributed by atoms with Gasteiger partial charge in [0.25, 0.3) is 0 Å². The highest BCUT2D eigenvalue weighted by Gasteiger charge is 2.27. The van der Waals surface area contributed by atoms with Crippen LogP contribution in [0.2, 0.25) is 0 Å². The highest BCUT2D eigenvalue weighted by atomic mass is 16.5. The number of benzene rings is 1. The van der Waals surface area contributed by atoms with Crippen molar-refractivity contribution >= 4 is 0 Å². The molecule has 0 radical (unpaired) electrons. The van der Waals surface area contributed by atoms with E-state index < -0.39 is 6.10 Å². The minimum atomic E-state index is -0.490. The van der Waals surface area contributed by atoms with Crippen molar-refractivity contribution in [3.63, 3.8) is 0 Å². The Morgan fingerprint density at radius 3 is 2.50 bits per heavy atom. The minimum Gasteiger partial charge on any atom is -0.493 e. The Morgan fingerprint density at radius 1 is 1.28 bits per heavy atom. The molecule has 1 saturated carbocycles. The highest BCUT2D eigenvalue weighted by molar-refractivity contribution is 5.43. The van der Waals surface area contributed by atoms with Gasteiger partial charge in [-0.1, -0.05) is 6.07 Å². The zero-order chi connectivity index (χ0) is 13.1. The van der Waals surface area contributed by atoms with Crippen molar-refractivity contribution in [2.24, 2.45) is 0 Å². The highest BCUT2D eigenvalue weighted by Crippen LogP contribution is 2.31. The van der Waals surface area contributed by atoms with Crippen LogP contribution in [0.25, 0.3) is 0 Å². The number of aliphatic hydroxyl groups excluding tert-OH is 1. The Balaban J connectivity index is 2.06. The molecule has 100 valence electrons. The van der Waals surface area contributed by atoms with Crippen molar-refractivity contribution in [2.75, 3.05) is 27.8 Å². The third kappa shape index (κ3) is 2.94. The number of likely N-dealkylation sites (N-methyl/N-ethyl adjacent to an activating group) is 1. The number of hydrogen-bond acceptors (Lipinski definition) is 4. The van der Waals surface area contributed by atoms with E-state index in [4.69, 9.17) is 9.47 Å². The molecule has 1 aliphatic rings. The largest absolute Gasteiger partial charge is 0.493 e. The predicted molar refractivity (Wildman–Crippen MR) is 70.2 cm³/mol. The summed E-state index contributed by atoms with van der Waals surface area (Å²) in [5, 5.41) is 10.2. The first-order chi connectivity index (χ1) is 8.65. The summed E-state index contributed by atoms with van der Waals surface area (Å²) in [6.07, 6.45) is 2.00. The molecule has 0 heterocycles. The van der Waals surface area contributed by atoms with E-state index in [-0.39, 0.29) is 0 Å². The second-order valence-corrected chi connectivity index (χ2v) is 4.80. The monoisotopic (exact) mass is 251 g/mol. The van der Waals surface area contributed by atoms with E-state index in [2.05, 4.69) is 11.9 Å². The molecule has 0 amide bonds. The average molecular weight is 251 g/mol. The molecule has 1 aromatic carbocycles.